The van der Waals surface area contributed by atoms with Crippen LogP contribution in [0, 0.1) is 13.8 Å². The Morgan fingerprint density at radius 3 is 2.56 bits per heavy atom. The van der Waals surface area contributed by atoms with Crippen molar-refractivity contribution in [1.29, 1.82) is 0 Å². The van der Waals surface area contributed by atoms with Gasteiger partial charge in [0.25, 0.3) is 5.91 Å². The molecule has 1 aromatic carbocycles. The molecule has 3 heterocycles. The molecule has 3 aromatic heterocycles. The fraction of sp³-hybridized carbons (Fsp3) is 0.200. The van der Waals surface area contributed by atoms with Crippen molar-refractivity contribution in [2.45, 2.75) is 27.3 Å². The average molecular weight is 360 g/mol. The molecule has 27 heavy (non-hydrogen) atoms. The van der Waals surface area contributed by atoms with Crippen molar-refractivity contribution in [3.63, 3.8) is 0 Å². The van der Waals surface area contributed by atoms with Gasteiger partial charge in [0.2, 0.25) is 0 Å². The first-order valence-corrected chi connectivity index (χ1v) is 8.82. The van der Waals surface area contributed by atoms with Crippen molar-refractivity contribution in [2.75, 3.05) is 5.32 Å². The molecule has 1 amide bonds. The summed E-state index contributed by atoms with van der Waals surface area (Å²) < 4.78 is 3.53. The summed E-state index contributed by atoms with van der Waals surface area (Å²) >= 11 is 0. The van der Waals surface area contributed by atoms with E-state index in [1.54, 1.807) is 23.1 Å². The van der Waals surface area contributed by atoms with Gasteiger partial charge in [-0.3, -0.25) is 9.48 Å². The van der Waals surface area contributed by atoms with Gasteiger partial charge in [-0.25, -0.2) is 9.50 Å². The van der Waals surface area contributed by atoms with E-state index >= 15 is 0 Å². The summed E-state index contributed by atoms with van der Waals surface area (Å²) in [5, 5.41) is 11.6. The molecular formula is C20H20N6O. The predicted octanol–water partition coefficient (Wildman–Crippen LogP) is 3.48. The van der Waals surface area contributed by atoms with Gasteiger partial charge in [-0.1, -0.05) is 29.8 Å². The van der Waals surface area contributed by atoms with Crippen LogP contribution < -0.4 is 5.32 Å². The maximum Gasteiger partial charge on any atom is 0.261 e. The largest absolute Gasteiger partial charge is 0.319 e. The van der Waals surface area contributed by atoms with Crippen molar-refractivity contribution >= 4 is 17.2 Å². The van der Waals surface area contributed by atoms with Crippen molar-refractivity contribution < 1.29 is 4.79 Å². The van der Waals surface area contributed by atoms with Crippen LogP contribution in [0.2, 0.25) is 0 Å². The quantitative estimate of drug-likeness (QED) is 0.604. The SMILES string of the molecule is CCn1ncc(NC(=O)c2cnn3c(-c4ccc(C)cc4)ccnc23)c1C. The lowest BCUT2D eigenvalue weighted by molar-refractivity contribution is 0.102. The minimum Gasteiger partial charge on any atom is -0.319 e. The smallest absolute Gasteiger partial charge is 0.261 e. The minimum absolute atomic E-state index is 0.252. The molecular weight excluding hydrogens is 340 g/mol. The first kappa shape index (κ1) is 17.0. The molecule has 7 nitrogen and oxygen atoms in total. The van der Waals surface area contributed by atoms with Gasteiger partial charge in [-0.2, -0.15) is 10.2 Å². The van der Waals surface area contributed by atoms with Crippen LogP contribution in [0.4, 0.5) is 5.69 Å². The molecule has 4 aromatic rings. The number of nitrogens with one attached hydrogen (secondary N) is 1. The molecule has 136 valence electrons. The van der Waals surface area contributed by atoms with Crippen molar-refractivity contribution in [1.82, 2.24) is 24.4 Å². The predicted molar refractivity (Wildman–Crippen MR) is 104 cm³/mol. The number of nitrogens with zero attached hydrogens (tertiary/aromatic N) is 5. The first-order chi connectivity index (χ1) is 13.1. The second kappa shape index (κ2) is 6.68. The van der Waals surface area contributed by atoms with Crippen LogP contribution >= 0.6 is 0 Å². The molecule has 4 rings (SSSR count). The Labute approximate surface area is 156 Å². The van der Waals surface area contributed by atoms with E-state index in [1.165, 1.54) is 5.56 Å². The van der Waals surface area contributed by atoms with E-state index in [0.717, 1.165) is 23.5 Å². The van der Waals surface area contributed by atoms with Gasteiger partial charge < -0.3 is 5.32 Å². The van der Waals surface area contributed by atoms with E-state index in [1.807, 2.05) is 55.8 Å². The molecule has 7 heteroatoms. The summed E-state index contributed by atoms with van der Waals surface area (Å²) in [6, 6.07) is 10.1. The lowest BCUT2D eigenvalue weighted by atomic mass is 10.1. The summed E-state index contributed by atoms with van der Waals surface area (Å²) in [6.07, 6.45) is 4.91. The number of carbonyl (C=O) groups is 1. The third-order valence-electron chi connectivity index (χ3n) is 4.64. The third kappa shape index (κ3) is 2.97. The Hall–Kier alpha value is -3.48. The molecule has 0 aliphatic carbocycles. The molecule has 0 saturated heterocycles. The molecule has 0 saturated carbocycles. The van der Waals surface area contributed by atoms with Crippen molar-refractivity contribution in [2.24, 2.45) is 0 Å². The number of anilines is 1. The zero-order chi connectivity index (χ0) is 19.0. The van der Waals surface area contributed by atoms with E-state index in [-0.39, 0.29) is 5.91 Å². The van der Waals surface area contributed by atoms with Crippen LogP contribution in [-0.4, -0.2) is 30.3 Å². The molecule has 0 bridgehead atoms. The number of aromatic nitrogens is 5. The monoisotopic (exact) mass is 360 g/mol. The Kier molecular flexibility index (Phi) is 4.19. The van der Waals surface area contributed by atoms with Crippen LogP contribution in [0.1, 0.15) is 28.5 Å². The number of benzene rings is 1. The highest BCUT2D eigenvalue weighted by atomic mass is 16.1. The Bertz CT molecular complexity index is 1120. The number of hydrogen-bond donors (Lipinski definition) is 1. The average Bonchev–Trinajstić information content (AvgIpc) is 3.26. The zero-order valence-corrected chi connectivity index (χ0v) is 15.5. The maximum atomic E-state index is 12.8. The van der Waals surface area contributed by atoms with Crippen LogP contribution in [0.5, 0.6) is 0 Å². The summed E-state index contributed by atoms with van der Waals surface area (Å²) in [7, 11) is 0. The number of amides is 1. The van der Waals surface area contributed by atoms with E-state index in [9.17, 15) is 4.79 Å². The third-order valence-corrected chi connectivity index (χ3v) is 4.64. The highest BCUT2D eigenvalue weighted by Crippen LogP contribution is 2.22. The number of hydrogen-bond acceptors (Lipinski definition) is 4. The van der Waals surface area contributed by atoms with Gasteiger partial charge >= 0.3 is 0 Å². The van der Waals surface area contributed by atoms with Crippen LogP contribution in [-0.2, 0) is 6.54 Å². The number of fused-ring (bicyclic) bond motifs is 1. The fourth-order valence-electron chi connectivity index (χ4n) is 3.07. The molecule has 0 atom stereocenters. The summed E-state index contributed by atoms with van der Waals surface area (Å²) in [6.45, 7) is 6.73. The van der Waals surface area contributed by atoms with Crippen molar-refractivity contribution in [3.05, 3.63) is 65.7 Å². The van der Waals surface area contributed by atoms with Gasteiger partial charge in [-0.05, 0) is 26.8 Å². The van der Waals surface area contributed by atoms with Crippen LogP contribution in [0.25, 0.3) is 16.9 Å². The lowest BCUT2D eigenvalue weighted by Gasteiger charge is -2.06. The van der Waals surface area contributed by atoms with Gasteiger partial charge in [0.15, 0.2) is 5.65 Å². The summed E-state index contributed by atoms with van der Waals surface area (Å²) in [4.78, 5) is 17.2. The minimum atomic E-state index is -0.252. The summed E-state index contributed by atoms with van der Waals surface area (Å²) in [5.74, 6) is -0.252. The highest BCUT2D eigenvalue weighted by molar-refractivity contribution is 6.08. The molecule has 0 radical (unpaired) electrons. The van der Waals surface area contributed by atoms with Gasteiger partial charge in [0.05, 0.1) is 29.5 Å². The molecule has 0 spiro atoms. The second-order valence-electron chi connectivity index (χ2n) is 6.40. The molecule has 0 unspecified atom stereocenters. The second-order valence-corrected chi connectivity index (χ2v) is 6.40. The standard InChI is InChI=1S/C20H20N6O/c1-4-25-14(3)17(12-22-25)24-20(27)16-11-23-26-18(9-10-21-19(16)26)15-7-5-13(2)6-8-15/h5-12H,4H2,1-3H3,(H,24,27). The molecule has 1 N–H and O–H groups in total. The van der Waals surface area contributed by atoms with Gasteiger partial charge in [0, 0.05) is 18.3 Å². The number of carbonyl (C=O) groups excluding carboxylic acids is 1. The number of rotatable bonds is 4. The molecule has 0 fully saturated rings. The number of aryl methyl sites for hydroxylation is 2. The fourth-order valence-corrected chi connectivity index (χ4v) is 3.07. The normalized spacial score (nSPS) is 11.1. The molecule has 0 aliphatic rings. The highest BCUT2D eigenvalue weighted by Gasteiger charge is 2.18. The topological polar surface area (TPSA) is 77.1 Å². The van der Waals surface area contributed by atoms with E-state index in [0.29, 0.717) is 16.9 Å². The van der Waals surface area contributed by atoms with E-state index in [4.69, 9.17) is 0 Å². The Balaban J connectivity index is 1.71. The zero-order valence-electron chi connectivity index (χ0n) is 15.5. The van der Waals surface area contributed by atoms with Crippen LogP contribution in [0.15, 0.2) is 48.9 Å². The van der Waals surface area contributed by atoms with E-state index in [2.05, 4.69) is 20.5 Å². The van der Waals surface area contributed by atoms with E-state index < -0.39 is 0 Å². The molecule has 0 aliphatic heterocycles. The van der Waals surface area contributed by atoms with Crippen molar-refractivity contribution in [3.8, 4) is 11.3 Å². The lowest BCUT2D eigenvalue weighted by Crippen LogP contribution is -2.13. The Morgan fingerprint density at radius 2 is 1.85 bits per heavy atom. The Morgan fingerprint density at radius 1 is 1.07 bits per heavy atom. The summed E-state index contributed by atoms with van der Waals surface area (Å²) in [5.41, 5.74) is 5.63. The maximum absolute atomic E-state index is 12.8. The van der Waals surface area contributed by atoms with Gasteiger partial charge in [-0.15, -0.1) is 0 Å². The van der Waals surface area contributed by atoms with Gasteiger partial charge in [0.1, 0.15) is 5.56 Å². The first-order valence-electron chi connectivity index (χ1n) is 8.82. The van der Waals surface area contributed by atoms with Crippen LogP contribution in [0.3, 0.4) is 0 Å².